The van der Waals surface area contributed by atoms with Crippen molar-refractivity contribution < 1.29 is 4.79 Å². The molecule has 2 aromatic rings. The van der Waals surface area contributed by atoms with Gasteiger partial charge in [-0.3, -0.25) is 4.79 Å². The van der Waals surface area contributed by atoms with Gasteiger partial charge in [0.1, 0.15) is 0 Å². The van der Waals surface area contributed by atoms with Crippen LogP contribution in [0.2, 0.25) is 0 Å². The molecule has 2 aliphatic rings. The molecule has 0 spiro atoms. The number of aldehydes is 1. The lowest BCUT2D eigenvalue weighted by atomic mass is 9.91. The number of carbonyl (C=O) groups excluding carboxylic acids is 1. The first kappa shape index (κ1) is 14.9. The number of carbonyl (C=O) groups is 1. The zero-order valence-electron chi connectivity index (χ0n) is 13.4. The first-order valence-corrected chi connectivity index (χ1v) is 8.74. The lowest BCUT2D eigenvalue weighted by Gasteiger charge is -2.27. The molecule has 120 valence electrons. The molecule has 0 aromatic heterocycles. The Morgan fingerprint density at radius 2 is 1.83 bits per heavy atom. The van der Waals surface area contributed by atoms with Crippen molar-refractivity contribution in [2.45, 2.75) is 56.1 Å². The van der Waals surface area contributed by atoms with E-state index in [4.69, 9.17) is 5.73 Å². The highest BCUT2D eigenvalue weighted by atomic mass is 16.1. The van der Waals surface area contributed by atoms with E-state index >= 15 is 0 Å². The number of nitrogens with one attached hydrogen (secondary N) is 1. The van der Waals surface area contributed by atoms with Crippen molar-refractivity contribution in [1.29, 1.82) is 0 Å². The van der Waals surface area contributed by atoms with E-state index in [1.807, 2.05) is 12.1 Å². The van der Waals surface area contributed by atoms with E-state index in [9.17, 15) is 4.79 Å². The van der Waals surface area contributed by atoms with Crippen LogP contribution < -0.4 is 11.1 Å². The molecule has 0 amide bonds. The summed E-state index contributed by atoms with van der Waals surface area (Å²) in [7, 11) is 0. The zero-order valence-corrected chi connectivity index (χ0v) is 13.4. The van der Waals surface area contributed by atoms with Crippen molar-refractivity contribution in [3.8, 4) is 0 Å². The molecule has 3 heteroatoms. The molecular weight excluding hydrogens is 284 g/mol. The van der Waals surface area contributed by atoms with Gasteiger partial charge in [0.25, 0.3) is 0 Å². The number of hydrogen-bond donors (Lipinski definition) is 2. The molecule has 0 saturated heterocycles. The Kier molecular flexibility index (Phi) is 3.92. The monoisotopic (exact) mass is 308 g/mol. The summed E-state index contributed by atoms with van der Waals surface area (Å²) in [5.41, 5.74) is 8.08. The molecule has 0 radical (unpaired) electrons. The van der Waals surface area contributed by atoms with Crippen LogP contribution in [0.15, 0.2) is 36.4 Å². The van der Waals surface area contributed by atoms with Gasteiger partial charge in [-0.25, -0.2) is 0 Å². The SMILES string of the molecule is NC1CCC(NC2CC2c2ccc3ccccc3c2C=O)CC1. The molecule has 0 heterocycles. The summed E-state index contributed by atoms with van der Waals surface area (Å²) in [5, 5.41) is 6.01. The number of nitrogens with two attached hydrogens (primary N) is 1. The van der Waals surface area contributed by atoms with E-state index in [2.05, 4.69) is 29.6 Å². The average Bonchev–Trinajstić information content (AvgIpc) is 3.35. The third-order valence-electron chi connectivity index (χ3n) is 5.53. The molecule has 2 aromatic carbocycles. The minimum atomic E-state index is 0.394. The Morgan fingerprint density at radius 1 is 1.04 bits per heavy atom. The molecule has 2 fully saturated rings. The van der Waals surface area contributed by atoms with Gasteiger partial charge in [0, 0.05) is 29.6 Å². The van der Waals surface area contributed by atoms with E-state index < -0.39 is 0 Å². The fourth-order valence-electron chi connectivity index (χ4n) is 4.08. The normalized spacial score (nSPS) is 30.3. The molecule has 23 heavy (non-hydrogen) atoms. The van der Waals surface area contributed by atoms with Gasteiger partial charge < -0.3 is 11.1 Å². The lowest BCUT2D eigenvalue weighted by molar-refractivity contribution is 0.112. The highest BCUT2D eigenvalue weighted by Crippen LogP contribution is 2.44. The van der Waals surface area contributed by atoms with Crippen LogP contribution >= 0.6 is 0 Å². The highest BCUT2D eigenvalue weighted by Gasteiger charge is 2.41. The predicted octanol–water partition coefficient (Wildman–Crippen LogP) is 3.37. The zero-order chi connectivity index (χ0) is 15.8. The largest absolute Gasteiger partial charge is 0.328 e. The fraction of sp³-hybridized carbons (Fsp3) is 0.450. The van der Waals surface area contributed by atoms with E-state index in [0.29, 0.717) is 24.0 Å². The van der Waals surface area contributed by atoms with Crippen molar-refractivity contribution in [3.63, 3.8) is 0 Å². The van der Waals surface area contributed by atoms with Crippen molar-refractivity contribution in [1.82, 2.24) is 5.32 Å². The van der Waals surface area contributed by atoms with Crippen LogP contribution in [0.5, 0.6) is 0 Å². The van der Waals surface area contributed by atoms with Crippen molar-refractivity contribution in [3.05, 3.63) is 47.5 Å². The Hall–Kier alpha value is -1.71. The summed E-state index contributed by atoms with van der Waals surface area (Å²) >= 11 is 0. The van der Waals surface area contributed by atoms with Crippen LogP contribution in [0.1, 0.15) is 53.9 Å². The summed E-state index contributed by atoms with van der Waals surface area (Å²) in [4.78, 5) is 11.7. The maximum absolute atomic E-state index is 11.7. The topological polar surface area (TPSA) is 55.1 Å². The Morgan fingerprint density at radius 3 is 2.61 bits per heavy atom. The summed E-state index contributed by atoms with van der Waals surface area (Å²) in [6.07, 6.45) is 6.80. The Bertz CT molecular complexity index is 719. The Balaban J connectivity index is 1.51. The van der Waals surface area contributed by atoms with Gasteiger partial charge in [0.15, 0.2) is 6.29 Å². The van der Waals surface area contributed by atoms with Crippen LogP contribution in [-0.4, -0.2) is 24.4 Å². The molecule has 2 unspecified atom stereocenters. The first-order valence-electron chi connectivity index (χ1n) is 8.74. The van der Waals surface area contributed by atoms with Gasteiger partial charge in [-0.2, -0.15) is 0 Å². The maximum Gasteiger partial charge on any atom is 0.150 e. The van der Waals surface area contributed by atoms with E-state index in [1.54, 1.807) is 0 Å². The van der Waals surface area contributed by atoms with Gasteiger partial charge in [-0.05, 0) is 48.4 Å². The molecule has 3 N–H and O–H groups in total. The van der Waals surface area contributed by atoms with Crippen LogP contribution in [-0.2, 0) is 0 Å². The van der Waals surface area contributed by atoms with E-state index in [1.165, 1.54) is 18.4 Å². The number of fused-ring (bicyclic) bond motifs is 1. The second-order valence-corrected chi connectivity index (χ2v) is 7.13. The van der Waals surface area contributed by atoms with Gasteiger partial charge >= 0.3 is 0 Å². The molecule has 4 rings (SSSR count). The molecule has 0 aliphatic heterocycles. The van der Waals surface area contributed by atoms with Gasteiger partial charge in [0.2, 0.25) is 0 Å². The summed E-state index contributed by atoms with van der Waals surface area (Å²) < 4.78 is 0. The molecule has 2 saturated carbocycles. The number of rotatable bonds is 4. The summed E-state index contributed by atoms with van der Waals surface area (Å²) in [6, 6.07) is 14.0. The standard InChI is InChI=1S/C20H24N2O/c21-14-6-8-15(9-7-14)22-20-11-18(20)17-10-5-13-3-1-2-4-16(13)19(17)12-23/h1-5,10,12,14-15,18,20,22H,6-9,11,21H2. The Labute approximate surface area is 137 Å². The summed E-state index contributed by atoms with van der Waals surface area (Å²) in [5.74, 6) is 0.482. The van der Waals surface area contributed by atoms with Crippen molar-refractivity contribution in [2.24, 2.45) is 5.73 Å². The van der Waals surface area contributed by atoms with Gasteiger partial charge in [0.05, 0.1) is 0 Å². The second-order valence-electron chi connectivity index (χ2n) is 7.13. The quantitative estimate of drug-likeness (QED) is 0.852. The van der Waals surface area contributed by atoms with E-state index in [0.717, 1.165) is 41.9 Å². The van der Waals surface area contributed by atoms with Gasteiger partial charge in [-0.1, -0.05) is 36.4 Å². The lowest BCUT2D eigenvalue weighted by Crippen LogP contribution is -2.38. The second kappa shape index (κ2) is 6.06. The molecule has 0 bridgehead atoms. The minimum absolute atomic E-state index is 0.394. The summed E-state index contributed by atoms with van der Waals surface area (Å²) in [6.45, 7) is 0. The van der Waals surface area contributed by atoms with Crippen molar-refractivity contribution in [2.75, 3.05) is 0 Å². The first-order chi connectivity index (χ1) is 11.3. The maximum atomic E-state index is 11.7. The number of benzene rings is 2. The third kappa shape index (κ3) is 2.91. The van der Waals surface area contributed by atoms with Crippen LogP contribution in [0.25, 0.3) is 10.8 Å². The molecular formula is C20H24N2O. The number of hydrogen-bond acceptors (Lipinski definition) is 3. The van der Waals surface area contributed by atoms with Crippen LogP contribution in [0.3, 0.4) is 0 Å². The van der Waals surface area contributed by atoms with Crippen LogP contribution in [0, 0.1) is 0 Å². The minimum Gasteiger partial charge on any atom is -0.328 e. The molecule has 2 atom stereocenters. The molecule has 3 nitrogen and oxygen atoms in total. The molecule has 2 aliphatic carbocycles. The van der Waals surface area contributed by atoms with E-state index in [-0.39, 0.29) is 0 Å². The fourth-order valence-corrected chi connectivity index (χ4v) is 4.08. The third-order valence-corrected chi connectivity index (χ3v) is 5.53. The average molecular weight is 308 g/mol. The van der Waals surface area contributed by atoms with Crippen molar-refractivity contribution >= 4 is 17.1 Å². The highest BCUT2D eigenvalue weighted by molar-refractivity contribution is 5.99. The van der Waals surface area contributed by atoms with Gasteiger partial charge in [-0.15, -0.1) is 0 Å². The van der Waals surface area contributed by atoms with Crippen LogP contribution in [0.4, 0.5) is 0 Å². The predicted molar refractivity (Wildman–Crippen MR) is 93.8 cm³/mol. The smallest absolute Gasteiger partial charge is 0.150 e.